The number of halogens is 1. The summed E-state index contributed by atoms with van der Waals surface area (Å²) in [5.74, 6) is 4.96. The molecule has 0 bridgehead atoms. The summed E-state index contributed by atoms with van der Waals surface area (Å²) in [6, 6.07) is 0. The average molecular weight is 263 g/mol. The van der Waals surface area contributed by atoms with Crippen molar-refractivity contribution in [3.05, 3.63) is 11.2 Å². The van der Waals surface area contributed by atoms with Crippen LogP contribution in [0.4, 0.5) is 10.1 Å². The van der Waals surface area contributed by atoms with Gasteiger partial charge in [-0.1, -0.05) is 13.8 Å². The van der Waals surface area contributed by atoms with Gasteiger partial charge in [0.2, 0.25) is 0 Å². The SMILES string of the molecule is CC(C)C1=NS(=O)(=O)c2scc(F)c2N1N. The summed E-state index contributed by atoms with van der Waals surface area (Å²) in [6.07, 6.45) is 0. The minimum absolute atomic E-state index is 0.108. The summed E-state index contributed by atoms with van der Waals surface area (Å²) in [7, 11) is -3.80. The summed E-state index contributed by atoms with van der Waals surface area (Å²) >= 11 is 0.785. The summed E-state index contributed by atoms with van der Waals surface area (Å²) in [5, 5.41) is 2.12. The van der Waals surface area contributed by atoms with Crippen molar-refractivity contribution in [1.29, 1.82) is 0 Å². The maximum absolute atomic E-state index is 13.4. The van der Waals surface area contributed by atoms with Crippen molar-refractivity contribution >= 4 is 32.9 Å². The van der Waals surface area contributed by atoms with Gasteiger partial charge in [-0.3, -0.25) is 5.01 Å². The molecule has 1 aliphatic rings. The number of hydrogen-bond donors (Lipinski definition) is 1. The van der Waals surface area contributed by atoms with Gasteiger partial charge in [0.1, 0.15) is 11.5 Å². The molecule has 0 aromatic carbocycles. The molecule has 0 atom stereocenters. The predicted octanol–water partition coefficient (Wildman–Crippen LogP) is 1.32. The largest absolute Gasteiger partial charge is 0.295 e. The van der Waals surface area contributed by atoms with Crippen LogP contribution in [0, 0.1) is 11.7 Å². The fourth-order valence-electron chi connectivity index (χ4n) is 1.42. The van der Waals surface area contributed by atoms with E-state index in [1.54, 1.807) is 13.8 Å². The molecule has 5 nitrogen and oxygen atoms in total. The smallest absolute Gasteiger partial charge is 0.260 e. The fourth-order valence-corrected chi connectivity index (χ4v) is 3.86. The second-order valence-corrected chi connectivity index (χ2v) is 6.35. The van der Waals surface area contributed by atoms with Gasteiger partial charge in [-0.05, 0) is 0 Å². The zero-order chi connectivity index (χ0) is 12.1. The van der Waals surface area contributed by atoms with Gasteiger partial charge in [-0.25, -0.2) is 10.2 Å². The molecule has 0 amide bonds. The number of anilines is 1. The lowest BCUT2D eigenvalue weighted by Crippen LogP contribution is -2.43. The van der Waals surface area contributed by atoms with Crippen LogP contribution in [-0.2, 0) is 10.0 Å². The van der Waals surface area contributed by atoms with E-state index < -0.39 is 15.8 Å². The highest BCUT2D eigenvalue weighted by molar-refractivity contribution is 7.92. The molecule has 88 valence electrons. The number of hydrogen-bond acceptors (Lipinski definition) is 5. The van der Waals surface area contributed by atoms with Crippen molar-refractivity contribution in [2.24, 2.45) is 16.2 Å². The molecule has 2 rings (SSSR count). The highest BCUT2D eigenvalue weighted by Gasteiger charge is 2.34. The van der Waals surface area contributed by atoms with Gasteiger partial charge in [-0.15, -0.1) is 15.7 Å². The van der Waals surface area contributed by atoms with Crippen molar-refractivity contribution in [2.45, 2.75) is 18.1 Å². The number of amidine groups is 1. The van der Waals surface area contributed by atoms with Crippen LogP contribution in [0.3, 0.4) is 0 Å². The van der Waals surface area contributed by atoms with Crippen LogP contribution in [-0.4, -0.2) is 14.3 Å². The second kappa shape index (κ2) is 3.51. The molecule has 0 saturated carbocycles. The Morgan fingerprint density at radius 1 is 1.56 bits per heavy atom. The third-order valence-corrected chi connectivity index (χ3v) is 4.88. The van der Waals surface area contributed by atoms with Gasteiger partial charge in [0.05, 0.1) is 0 Å². The zero-order valence-corrected chi connectivity index (χ0v) is 10.3. The van der Waals surface area contributed by atoms with Crippen LogP contribution in [0.1, 0.15) is 13.8 Å². The number of fused-ring (bicyclic) bond motifs is 1. The van der Waals surface area contributed by atoms with Gasteiger partial charge in [0, 0.05) is 11.3 Å². The first-order valence-electron chi connectivity index (χ1n) is 4.51. The monoisotopic (exact) mass is 263 g/mol. The minimum Gasteiger partial charge on any atom is -0.260 e. The van der Waals surface area contributed by atoms with Crippen molar-refractivity contribution in [3.8, 4) is 0 Å². The molecule has 8 heteroatoms. The quantitative estimate of drug-likeness (QED) is 0.775. The van der Waals surface area contributed by atoms with E-state index in [2.05, 4.69) is 4.40 Å². The van der Waals surface area contributed by atoms with Crippen molar-refractivity contribution < 1.29 is 12.8 Å². The molecule has 0 saturated heterocycles. The summed E-state index contributed by atoms with van der Waals surface area (Å²) in [5.41, 5.74) is -0.108. The van der Waals surface area contributed by atoms with E-state index in [1.807, 2.05) is 0 Å². The third kappa shape index (κ3) is 1.53. The van der Waals surface area contributed by atoms with Crippen molar-refractivity contribution in [1.82, 2.24) is 0 Å². The van der Waals surface area contributed by atoms with Crippen LogP contribution >= 0.6 is 11.3 Å². The molecule has 1 aliphatic heterocycles. The Labute approximate surface area is 96.4 Å². The van der Waals surface area contributed by atoms with E-state index in [4.69, 9.17) is 5.84 Å². The zero-order valence-electron chi connectivity index (χ0n) is 8.64. The first kappa shape index (κ1) is 11.5. The molecule has 0 fully saturated rings. The Morgan fingerprint density at radius 3 is 2.75 bits per heavy atom. The molecule has 1 aromatic heterocycles. The lowest BCUT2D eigenvalue weighted by atomic mass is 10.2. The molecule has 0 radical (unpaired) electrons. The van der Waals surface area contributed by atoms with Crippen molar-refractivity contribution in [3.63, 3.8) is 0 Å². The first-order chi connectivity index (χ1) is 7.34. The van der Waals surface area contributed by atoms with E-state index >= 15 is 0 Å². The topological polar surface area (TPSA) is 75.8 Å². The molecule has 0 aliphatic carbocycles. The molecular weight excluding hydrogens is 253 g/mol. The van der Waals surface area contributed by atoms with E-state index in [-0.39, 0.29) is 21.7 Å². The number of hydrazine groups is 1. The maximum Gasteiger partial charge on any atom is 0.295 e. The molecular formula is C8H10FN3O2S2. The van der Waals surface area contributed by atoms with Gasteiger partial charge < -0.3 is 0 Å². The van der Waals surface area contributed by atoms with Gasteiger partial charge in [0.15, 0.2) is 10.0 Å². The van der Waals surface area contributed by atoms with E-state index in [9.17, 15) is 12.8 Å². The Hall–Kier alpha value is -0.990. The normalized spacial score (nSPS) is 18.6. The van der Waals surface area contributed by atoms with E-state index in [0.717, 1.165) is 21.7 Å². The number of rotatable bonds is 1. The van der Waals surface area contributed by atoms with Gasteiger partial charge in [-0.2, -0.15) is 8.42 Å². The van der Waals surface area contributed by atoms with Crippen LogP contribution in [0.15, 0.2) is 14.0 Å². The van der Waals surface area contributed by atoms with Gasteiger partial charge in [0.25, 0.3) is 10.0 Å². The Kier molecular flexibility index (Phi) is 2.52. The number of nitrogens with two attached hydrogens (primary N) is 1. The standard InChI is InChI=1S/C8H10FN3O2S2/c1-4(2)7-11-16(13,14)8-6(12(7)10)5(9)3-15-8/h3-4H,10H2,1-2H3. The third-order valence-electron chi connectivity index (χ3n) is 2.14. The van der Waals surface area contributed by atoms with Crippen molar-refractivity contribution in [2.75, 3.05) is 5.01 Å². The van der Waals surface area contributed by atoms with E-state index in [0.29, 0.717) is 0 Å². The number of sulfonamides is 1. The number of thiophene rings is 1. The highest BCUT2D eigenvalue weighted by atomic mass is 32.2. The highest BCUT2D eigenvalue weighted by Crippen LogP contribution is 2.38. The van der Waals surface area contributed by atoms with Crippen LogP contribution < -0.4 is 10.9 Å². The Balaban J connectivity index is 2.71. The van der Waals surface area contributed by atoms with Gasteiger partial charge >= 0.3 is 0 Å². The first-order valence-corrected chi connectivity index (χ1v) is 6.83. The number of nitrogens with zero attached hydrogens (tertiary/aromatic N) is 2. The van der Waals surface area contributed by atoms with Crippen LogP contribution in [0.25, 0.3) is 0 Å². The molecule has 0 spiro atoms. The predicted molar refractivity (Wildman–Crippen MR) is 60.4 cm³/mol. The lowest BCUT2D eigenvalue weighted by molar-refractivity contribution is 0.593. The molecule has 2 heterocycles. The average Bonchev–Trinajstić information content (AvgIpc) is 2.55. The molecule has 2 N–H and O–H groups in total. The van der Waals surface area contributed by atoms with Crippen LogP contribution in [0.5, 0.6) is 0 Å². The lowest BCUT2D eigenvalue weighted by Gasteiger charge is -2.26. The van der Waals surface area contributed by atoms with E-state index in [1.165, 1.54) is 0 Å². The summed E-state index contributed by atoms with van der Waals surface area (Å²) in [4.78, 5) is 0. The minimum atomic E-state index is -3.80. The second-order valence-electron chi connectivity index (χ2n) is 3.67. The maximum atomic E-state index is 13.4. The molecule has 1 aromatic rings. The Bertz CT molecular complexity index is 562. The fraction of sp³-hybridized carbons (Fsp3) is 0.375. The summed E-state index contributed by atoms with van der Waals surface area (Å²) in [6.45, 7) is 3.48. The van der Waals surface area contributed by atoms with Crippen LogP contribution in [0.2, 0.25) is 0 Å². The molecule has 16 heavy (non-hydrogen) atoms. The summed E-state index contributed by atoms with van der Waals surface area (Å²) < 4.78 is 40.3. The Morgan fingerprint density at radius 2 is 2.19 bits per heavy atom. The molecule has 0 unspecified atom stereocenters.